The minimum atomic E-state index is -0.751. The molecule has 0 aliphatic rings. The summed E-state index contributed by atoms with van der Waals surface area (Å²) < 4.78 is 10.3. The van der Waals surface area contributed by atoms with Gasteiger partial charge in [0.15, 0.2) is 0 Å². The van der Waals surface area contributed by atoms with Crippen LogP contribution >= 0.6 is 22.7 Å². The van der Waals surface area contributed by atoms with Gasteiger partial charge in [0.05, 0.1) is 12.4 Å². The number of ether oxygens (including phenoxy) is 2. The van der Waals surface area contributed by atoms with Crippen LogP contribution < -0.4 is 9.47 Å². The highest BCUT2D eigenvalue weighted by molar-refractivity contribution is 7.08. The first kappa shape index (κ1) is 23.7. The highest BCUT2D eigenvalue weighted by atomic mass is 32.1. The largest absolute Gasteiger partial charge is 0.389 e. The summed E-state index contributed by atoms with van der Waals surface area (Å²) in [5.41, 5.74) is 6.44. The lowest BCUT2D eigenvalue weighted by Gasteiger charge is -2.08. The first-order chi connectivity index (χ1) is 16.3. The number of thiophene rings is 2. The SMILES string of the molecule is Cc1cscc1C(C)c1cnc(OC(=O)/C=C/C(=O)Oc2ncc(C(C)c3cscc3C)[nH]2)[nH]1. The molecule has 8 nitrogen and oxygen atoms in total. The summed E-state index contributed by atoms with van der Waals surface area (Å²) in [5.74, 6) is -1.33. The molecule has 0 saturated heterocycles. The van der Waals surface area contributed by atoms with Gasteiger partial charge in [0.1, 0.15) is 0 Å². The second kappa shape index (κ2) is 10.2. The van der Waals surface area contributed by atoms with E-state index < -0.39 is 11.9 Å². The van der Waals surface area contributed by atoms with E-state index in [9.17, 15) is 9.59 Å². The van der Waals surface area contributed by atoms with Crippen LogP contribution in [0.2, 0.25) is 0 Å². The van der Waals surface area contributed by atoms with Crippen LogP contribution in [0.3, 0.4) is 0 Å². The maximum atomic E-state index is 12.1. The Hall–Kier alpha value is -3.50. The van der Waals surface area contributed by atoms with Crippen molar-refractivity contribution in [3.05, 3.63) is 79.7 Å². The quantitative estimate of drug-likeness (QED) is 0.255. The van der Waals surface area contributed by atoms with Crippen molar-refractivity contribution in [2.75, 3.05) is 0 Å². The minimum absolute atomic E-state index is 0.0612. The third-order valence-electron chi connectivity index (χ3n) is 5.55. The lowest BCUT2D eigenvalue weighted by molar-refractivity contribution is -0.132. The van der Waals surface area contributed by atoms with E-state index in [-0.39, 0.29) is 23.9 Å². The van der Waals surface area contributed by atoms with E-state index in [0.717, 1.165) is 23.5 Å². The van der Waals surface area contributed by atoms with Gasteiger partial charge in [-0.2, -0.15) is 22.7 Å². The Bertz CT molecular complexity index is 1230. The Morgan fingerprint density at radius 3 is 1.56 bits per heavy atom. The van der Waals surface area contributed by atoms with E-state index >= 15 is 0 Å². The van der Waals surface area contributed by atoms with E-state index in [2.05, 4.69) is 55.3 Å². The molecule has 0 spiro atoms. The van der Waals surface area contributed by atoms with E-state index in [4.69, 9.17) is 9.47 Å². The summed E-state index contributed by atoms with van der Waals surface area (Å²) >= 11 is 3.28. The number of hydrogen-bond donors (Lipinski definition) is 2. The molecule has 176 valence electrons. The van der Waals surface area contributed by atoms with Crippen molar-refractivity contribution in [2.24, 2.45) is 0 Å². The summed E-state index contributed by atoms with van der Waals surface area (Å²) in [6.07, 6.45) is 5.24. The molecule has 10 heteroatoms. The van der Waals surface area contributed by atoms with Crippen LogP contribution in [0.5, 0.6) is 12.0 Å². The maximum absolute atomic E-state index is 12.1. The number of rotatable bonds is 8. The van der Waals surface area contributed by atoms with Crippen molar-refractivity contribution in [2.45, 2.75) is 39.5 Å². The van der Waals surface area contributed by atoms with Crippen molar-refractivity contribution in [1.82, 2.24) is 19.9 Å². The predicted octanol–water partition coefficient (Wildman–Crippen LogP) is 5.24. The first-order valence-electron chi connectivity index (χ1n) is 10.6. The average Bonchev–Trinajstić information content (AvgIpc) is 3.60. The summed E-state index contributed by atoms with van der Waals surface area (Å²) in [6, 6.07) is 0.122. The molecule has 2 atom stereocenters. The van der Waals surface area contributed by atoms with Crippen LogP contribution in [-0.2, 0) is 9.59 Å². The number of H-pyrrole nitrogens is 2. The second-order valence-electron chi connectivity index (χ2n) is 7.93. The van der Waals surface area contributed by atoms with Gasteiger partial charge in [0.2, 0.25) is 0 Å². The number of carbonyl (C=O) groups is 2. The van der Waals surface area contributed by atoms with Gasteiger partial charge >= 0.3 is 24.0 Å². The number of nitrogens with one attached hydrogen (secondary N) is 2. The maximum Gasteiger partial charge on any atom is 0.338 e. The standard InChI is InChI=1S/C24H24N4O4S2/c1-13-9-33-11-17(13)15(3)19-7-25-23(27-19)31-21(29)5-6-22(30)32-24-26-8-20(28-24)16(4)18-12-34-10-14(18)2/h5-12,15-16H,1-4H3,(H,25,27)(H,26,28)/b6-5+. The third kappa shape index (κ3) is 5.35. The molecule has 34 heavy (non-hydrogen) atoms. The molecular formula is C24H24N4O4S2. The fourth-order valence-corrected chi connectivity index (χ4v) is 5.42. The van der Waals surface area contributed by atoms with E-state index in [1.54, 1.807) is 35.1 Å². The van der Waals surface area contributed by atoms with Gasteiger partial charge in [0.25, 0.3) is 0 Å². The monoisotopic (exact) mass is 496 g/mol. The van der Waals surface area contributed by atoms with E-state index in [1.165, 1.54) is 22.3 Å². The van der Waals surface area contributed by atoms with Gasteiger partial charge in [-0.15, -0.1) is 0 Å². The molecule has 2 N–H and O–H groups in total. The molecule has 2 unspecified atom stereocenters. The van der Waals surface area contributed by atoms with Gasteiger partial charge in [-0.05, 0) is 57.6 Å². The zero-order valence-electron chi connectivity index (χ0n) is 19.1. The predicted molar refractivity (Wildman–Crippen MR) is 131 cm³/mol. The Balaban J connectivity index is 1.30. The molecule has 0 fully saturated rings. The molecule has 0 aliphatic heterocycles. The van der Waals surface area contributed by atoms with Crippen molar-refractivity contribution < 1.29 is 19.1 Å². The summed E-state index contributed by atoms with van der Waals surface area (Å²) in [6.45, 7) is 8.20. The summed E-state index contributed by atoms with van der Waals surface area (Å²) in [4.78, 5) is 38.4. The van der Waals surface area contributed by atoms with Crippen molar-refractivity contribution >= 4 is 34.6 Å². The highest BCUT2D eigenvalue weighted by Crippen LogP contribution is 2.30. The molecule has 0 radical (unpaired) electrons. The van der Waals surface area contributed by atoms with Gasteiger partial charge in [-0.25, -0.2) is 19.6 Å². The molecule has 4 aromatic rings. The Morgan fingerprint density at radius 2 is 1.21 bits per heavy atom. The number of nitrogens with zero attached hydrogens (tertiary/aromatic N) is 2. The summed E-state index contributed by atoms with van der Waals surface area (Å²) in [7, 11) is 0. The van der Waals surface area contributed by atoms with Crippen LogP contribution in [0, 0.1) is 13.8 Å². The summed E-state index contributed by atoms with van der Waals surface area (Å²) in [5, 5.41) is 8.35. The van der Waals surface area contributed by atoms with Crippen LogP contribution in [0.25, 0.3) is 0 Å². The Kier molecular flexibility index (Phi) is 7.09. The molecular weight excluding hydrogens is 472 g/mol. The van der Waals surface area contributed by atoms with Crippen LogP contribution in [0.4, 0.5) is 0 Å². The van der Waals surface area contributed by atoms with Crippen LogP contribution in [-0.4, -0.2) is 31.9 Å². The molecule has 0 bridgehead atoms. The van der Waals surface area contributed by atoms with Crippen LogP contribution in [0.1, 0.15) is 59.3 Å². The van der Waals surface area contributed by atoms with Gasteiger partial charge in [-0.1, -0.05) is 13.8 Å². The molecule has 0 aliphatic carbocycles. The van der Waals surface area contributed by atoms with E-state index in [0.29, 0.717) is 0 Å². The lowest BCUT2D eigenvalue weighted by atomic mass is 9.98. The fourth-order valence-electron chi connectivity index (χ4n) is 3.53. The minimum Gasteiger partial charge on any atom is -0.389 e. The Morgan fingerprint density at radius 1 is 0.794 bits per heavy atom. The van der Waals surface area contributed by atoms with E-state index in [1.807, 2.05) is 13.8 Å². The van der Waals surface area contributed by atoms with Gasteiger partial charge < -0.3 is 19.4 Å². The molecule has 0 saturated carbocycles. The second-order valence-corrected chi connectivity index (χ2v) is 9.41. The average molecular weight is 497 g/mol. The lowest BCUT2D eigenvalue weighted by Crippen LogP contribution is -2.09. The fraction of sp³-hybridized carbons (Fsp3) is 0.250. The molecule has 0 amide bonds. The molecule has 4 heterocycles. The smallest absolute Gasteiger partial charge is 0.338 e. The van der Waals surface area contributed by atoms with Gasteiger partial charge in [0, 0.05) is 35.4 Å². The van der Waals surface area contributed by atoms with Crippen molar-refractivity contribution in [3.8, 4) is 12.0 Å². The number of aryl methyl sites for hydroxylation is 2. The topological polar surface area (TPSA) is 110 Å². The Labute approximate surface area is 204 Å². The number of imidazole rings is 2. The first-order valence-corrected chi connectivity index (χ1v) is 12.5. The highest BCUT2D eigenvalue weighted by Gasteiger charge is 2.17. The number of esters is 2. The zero-order valence-corrected chi connectivity index (χ0v) is 20.8. The molecule has 4 aromatic heterocycles. The van der Waals surface area contributed by atoms with Crippen molar-refractivity contribution in [1.29, 1.82) is 0 Å². The number of hydrogen-bond acceptors (Lipinski definition) is 8. The normalized spacial score (nSPS) is 13.2. The van der Waals surface area contributed by atoms with Crippen LogP contribution in [0.15, 0.2) is 46.1 Å². The zero-order chi connectivity index (χ0) is 24.2. The van der Waals surface area contributed by atoms with Gasteiger partial charge in [-0.3, -0.25) is 0 Å². The van der Waals surface area contributed by atoms with Crippen molar-refractivity contribution in [3.63, 3.8) is 0 Å². The number of aromatic amines is 2. The molecule has 4 rings (SSSR count). The molecule has 0 aromatic carbocycles. The number of aromatic nitrogens is 4. The number of carbonyl (C=O) groups excluding carboxylic acids is 2. The third-order valence-corrected chi connectivity index (χ3v) is 7.31.